The fraction of sp³-hybridized carbons (Fsp3) is 0.0714. The molecule has 0 bridgehead atoms. The van der Waals surface area contributed by atoms with Crippen LogP contribution in [0.2, 0.25) is 0 Å². The Hall–Kier alpha value is -2.29. The highest BCUT2D eigenvalue weighted by atomic mass is 16.3. The number of hydrogen-bond acceptors (Lipinski definition) is 2. The highest BCUT2D eigenvalue weighted by Gasteiger charge is 2.04. The molecule has 0 aliphatic heterocycles. The summed E-state index contributed by atoms with van der Waals surface area (Å²) in [6.07, 6.45) is 0. The van der Waals surface area contributed by atoms with E-state index in [0.717, 1.165) is 16.7 Å². The lowest BCUT2D eigenvalue weighted by Crippen LogP contribution is -2.10. The number of aromatic hydroxyl groups is 1. The molecule has 3 N–H and O–H groups in total. The summed E-state index contributed by atoms with van der Waals surface area (Å²) in [5.41, 5.74) is 8.22. The number of carbonyl (C=O) groups excluding carboxylic acids is 1. The van der Waals surface area contributed by atoms with Crippen LogP contribution in [0.3, 0.4) is 0 Å². The fourth-order valence-electron chi connectivity index (χ4n) is 1.64. The van der Waals surface area contributed by atoms with Crippen LogP contribution in [0.4, 0.5) is 0 Å². The molecule has 0 unspecified atom stereocenters. The van der Waals surface area contributed by atoms with Crippen LogP contribution in [-0.2, 0) is 0 Å². The molecule has 17 heavy (non-hydrogen) atoms. The minimum atomic E-state index is -0.455. The van der Waals surface area contributed by atoms with Gasteiger partial charge in [0.1, 0.15) is 5.75 Å². The molecule has 0 aliphatic rings. The molecule has 0 radical (unpaired) electrons. The molecule has 0 saturated carbocycles. The van der Waals surface area contributed by atoms with Crippen LogP contribution in [0.1, 0.15) is 15.9 Å². The molecule has 1 amide bonds. The maximum absolute atomic E-state index is 11.1. The number of primary amides is 1. The van der Waals surface area contributed by atoms with E-state index in [1.807, 2.05) is 25.1 Å². The van der Waals surface area contributed by atoms with Gasteiger partial charge in [0.15, 0.2) is 0 Å². The summed E-state index contributed by atoms with van der Waals surface area (Å²) >= 11 is 0. The monoisotopic (exact) mass is 227 g/mol. The molecule has 2 aromatic rings. The molecule has 2 aromatic carbocycles. The van der Waals surface area contributed by atoms with Gasteiger partial charge < -0.3 is 10.8 Å². The lowest BCUT2D eigenvalue weighted by molar-refractivity contribution is 0.100. The Morgan fingerprint density at radius 1 is 1.12 bits per heavy atom. The van der Waals surface area contributed by atoms with Crippen molar-refractivity contribution in [3.8, 4) is 16.9 Å². The number of phenols is 1. The van der Waals surface area contributed by atoms with Crippen molar-refractivity contribution in [2.75, 3.05) is 0 Å². The molecule has 0 atom stereocenters. The van der Waals surface area contributed by atoms with Gasteiger partial charge in [0.05, 0.1) is 0 Å². The Morgan fingerprint density at radius 2 is 1.82 bits per heavy atom. The van der Waals surface area contributed by atoms with Crippen LogP contribution in [0.15, 0.2) is 42.5 Å². The van der Waals surface area contributed by atoms with Crippen LogP contribution in [0, 0.1) is 6.92 Å². The highest BCUT2D eigenvalue weighted by Crippen LogP contribution is 2.26. The maximum atomic E-state index is 11.1. The first-order valence-corrected chi connectivity index (χ1v) is 5.28. The smallest absolute Gasteiger partial charge is 0.248 e. The number of hydrogen-bond donors (Lipinski definition) is 2. The standard InChI is InChI=1S/C14H13NO2/c1-9-5-6-11(8-13(9)16)10-3-2-4-12(7-10)14(15)17/h2-8,16H,1H3,(H2,15,17). The fourth-order valence-corrected chi connectivity index (χ4v) is 1.64. The van der Waals surface area contributed by atoms with Crippen molar-refractivity contribution < 1.29 is 9.90 Å². The molecule has 0 spiro atoms. The zero-order valence-corrected chi connectivity index (χ0v) is 9.47. The Bertz CT molecular complexity index is 576. The van der Waals surface area contributed by atoms with Crippen LogP contribution >= 0.6 is 0 Å². The number of phenolic OH excluding ortho intramolecular Hbond substituents is 1. The third-order valence-corrected chi connectivity index (χ3v) is 2.69. The summed E-state index contributed by atoms with van der Waals surface area (Å²) in [5.74, 6) is -0.213. The van der Waals surface area contributed by atoms with Crippen LogP contribution in [0.25, 0.3) is 11.1 Å². The van der Waals surface area contributed by atoms with Gasteiger partial charge in [-0.25, -0.2) is 0 Å². The third kappa shape index (κ3) is 2.28. The Balaban J connectivity index is 2.49. The average molecular weight is 227 g/mol. The molecular weight excluding hydrogens is 214 g/mol. The lowest BCUT2D eigenvalue weighted by atomic mass is 10.0. The second-order valence-electron chi connectivity index (χ2n) is 3.95. The van der Waals surface area contributed by atoms with Crippen molar-refractivity contribution in [2.45, 2.75) is 6.92 Å². The zero-order chi connectivity index (χ0) is 12.4. The van der Waals surface area contributed by atoms with Crippen molar-refractivity contribution in [1.82, 2.24) is 0 Å². The van der Waals surface area contributed by atoms with Gasteiger partial charge >= 0.3 is 0 Å². The topological polar surface area (TPSA) is 63.3 Å². The van der Waals surface area contributed by atoms with Gasteiger partial charge in [-0.2, -0.15) is 0 Å². The van der Waals surface area contributed by atoms with Crippen molar-refractivity contribution in [1.29, 1.82) is 0 Å². The molecule has 0 aliphatic carbocycles. The van der Waals surface area contributed by atoms with Gasteiger partial charge in [-0.3, -0.25) is 4.79 Å². The molecule has 0 fully saturated rings. The van der Waals surface area contributed by atoms with E-state index >= 15 is 0 Å². The van der Waals surface area contributed by atoms with Gasteiger partial charge in [0, 0.05) is 5.56 Å². The van der Waals surface area contributed by atoms with Crippen molar-refractivity contribution in [3.63, 3.8) is 0 Å². The normalized spacial score (nSPS) is 10.2. The SMILES string of the molecule is Cc1ccc(-c2cccc(C(N)=O)c2)cc1O. The van der Waals surface area contributed by atoms with Crippen molar-refractivity contribution in [3.05, 3.63) is 53.6 Å². The first-order chi connectivity index (χ1) is 8.08. The number of rotatable bonds is 2. The van der Waals surface area contributed by atoms with E-state index in [0.29, 0.717) is 5.56 Å². The molecule has 0 saturated heterocycles. The summed E-state index contributed by atoms with van der Waals surface area (Å²) < 4.78 is 0. The minimum absolute atomic E-state index is 0.243. The number of nitrogens with two attached hydrogens (primary N) is 1. The van der Waals surface area contributed by atoms with E-state index < -0.39 is 5.91 Å². The molecule has 0 heterocycles. The van der Waals surface area contributed by atoms with Gasteiger partial charge in [0.25, 0.3) is 0 Å². The quantitative estimate of drug-likeness (QED) is 0.827. The largest absolute Gasteiger partial charge is 0.508 e. The maximum Gasteiger partial charge on any atom is 0.248 e. The summed E-state index contributed by atoms with van der Waals surface area (Å²) in [7, 11) is 0. The van der Waals surface area contributed by atoms with E-state index in [2.05, 4.69) is 0 Å². The van der Waals surface area contributed by atoms with E-state index in [1.165, 1.54) is 0 Å². The molecule has 3 nitrogen and oxygen atoms in total. The molecule has 3 heteroatoms. The average Bonchev–Trinajstić information content (AvgIpc) is 2.33. The summed E-state index contributed by atoms with van der Waals surface area (Å²) in [4.78, 5) is 11.1. The van der Waals surface area contributed by atoms with Crippen LogP contribution in [0.5, 0.6) is 5.75 Å². The molecule has 2 rings (SSSR count). The van der Waals surface area contributed by atoms with Crippen molar-refractivity contribution in [2.24, 2.45) is 5.73 Å². The number of amides is 1. The Kier molecular flexibility index (Phi) is 2.83. The second kappa shape index (κ2) is 4.29. The van der Waals surface area contributed by atoms with E-state index in [-0.39, 0.29) is 5.75 Å². The van der Waals surface area contributed by atoms with Crippen molar-refractivity contribution >= 4 is 5.91 Å². The van der Waals surface area contributed by atoms with E-state index in [4.69, 9.17) is 5.73 Å². The minimum Gasteiger partial charge on any atom is -0.508 e. The van der Waals surface area contributed by atoms with Crippen LogP contribution in [-0.4, -0.2) is 11.0 Å². The van der Waals surface area contributed by atoms with Gasteiger partial charge in [-0.05, 0) is 41.8 Å². The molecular formula is C14H13NO2. The Morgan fingerprint density at radius 3 is 2.47 bits per heavy atom. The first kappa shape index (κ1) is 11.2. The van der Waals surface area contributed by atoms with E-state index in [1.54, 1.807) is 24.3 Å². The number of benzene rings is 2. The van der Waals surface area contributed by atoms with Gasteiger partial charge in [0.2, 0.25) is 5.91 Å². The third-order valence-electron chi connectivity index (χ3n) is 2.69. The predicted molar refractivity (Wildman–Crippen MR) is 66.8 cm³/mol. The first-order valence-electron chi connectivity index (χ1n) is 5.28. The summed E-state index contributed by atoms with van der Waals surface area (Å²) in [6.45, 7) is 1.83. The summed E-state index contributed by atoms with van der Waals surface area (Å²) in [5, 5.41) is 9.65. The molecule has 86 valence electrons. The summed E-state index contributed by atoms with van der Waals surface area (Å²) in [6, 6.07) is 12.4. The second-order valence-corrected chi connectivity index (χ2v) is 3.95. The Labute approximate surface area is 99.5 Å². The lowest BCUT2D eigenvalue weighted by Gasteiger charge is -2.05. The number of carbonyl (C=O) groups is 1. The highest BCUT2D eigenvalue weighted by molar-refractivity contribution is 5.94. The number of aryl methyl sites for hydroxylation is 1. The van der Waals surface area contributed by atoms with Gasteiger partial charge in [-0.1, -0.05) is 24.3 Å². The van der Waals surface area contributed by atoms with Crippen LogP contribution < -0.4 is 5.73 Å². The molecule has 0 aromatic heterocycles. The van der Waals surface area contributed by atoms with Gasteiger partial charge in [-0.15, -0.1) is 0 Å². The zero-order valence-electron chi connectivity index (χ0n) is 9.47. The predicted octanol–water partition coefficient (Wildman–Crippen LogP) is 2.47. The van der Waals surface area contributed by atoms with E-state index in [9.17, 15) is 9.90 Å².